The van der Waals surface area contributed by atoms with Gasteiger partial charge in [-0.15, -0.1) is 10.2 Å². The minimum atomic E-state index is -3.52. The van der Waals surface area contributed by atoms with Crippen molar-refractivity contribution in [3.05, 3.63) is 60.2 Å². The molecule has 0 radical (unpaired) electrons. The largest absolute Gasteiger partial charge is 0.411 e. The highest BCUT2D eigenvalue weighted by Crippen LogP contribution is 2.25. The summed E-state index contributed by atoms with van der Waals surface area (Å²) in [6.07, 6.45) is 0.766. The van der Waals surface area contributed by atoms with Crippen LogP contribution in [0, 0.1) is 0 Å². The number of sulfonamides is 1. The monoisotopic (exact) mass is 474 g/mol. The molecular weight excluding hydrogens is 448 g/mol. The van der Waals surface area contributed by atoms with Gasteiger partial charge >= 0.3 is 0 Å². The summed E-state index contributed by atoms with van der Waals surface area (Å²) in [4.78, 5) is 12.3. The Labute approximate surface area is 192 Å². The second-order valence-electron chi connectivity index (χ2n) is 6.86. The van der Waals surface area contributed by atoms with Crippen LogP contribution in [0.15, 0.2) is 69.1 Å². The van der Waals surface area contributed by atoms with Crippen molar-refractivity contribution in [1.29, 1.82) is 0 Å². The Hall–Kier alpha value is -2.69. The van der Waals surface area contributed by atoms with E-state index in [2.05, 4.69) is 15.5 Å². The van der Waals surface area contributed by atoms with Crippen LogP contribution in [0.5, 0.6) is 0 Å². The van der Waals surface area contributed by atoms with E-state index in [9.17, 15) is 13.2 Å². The first-order valence-electron chi connectivity index (χ1n) is 10.3. The molecule has 0 aliphatic heterocycles. The molecule has 1 aromatic heterocycles. The van der Waals surface area contributed by atoms with Crippen LogP contribution in [-0.4, -0.2) is 54.2 Å². The van der Waals surface area contributed by atoms with Crippen molar-refractivity contribution in [2.45, 2.75) is 30.4 Å². The molecule has 2 aromatic carbocycles. The van der Waals surface area contributed by atoms with Crippen molar-refractivity contribution < 1.29 is 17.6 Å². The molecule has 0 aliphatic rings. The molecule has 32 heavy (non-hydrogen) atoms. The van der Waals surface area contributed by atoms with Gasteiger partial charge in [0.25, 0.3) is 5.22 Å². The Morgan fingerprint density at radius 2 is 1.72 bits per heavy atom. The number of nitrogens with one attached hydrogen (secondary N) is 1. The normalized spacial score (nSPS) is 11.6. The molecule has 10 heteroatoms. The summed E-state index contributed by atoms with van der Waals surface area (Å²) in [6, 6.07) is 16.3. The lowest BCUT2D eigenvalue weighted by Crippen LogP contribution is -2.30. The van der Waals surface area contributed by atoms with E-state index in [0.717, 1.165) is 23.7 Å². The van der Waals surface area contributed by atoms with Gasteiger partial charge in [-0.1, -0.05) is 55.9 Å². The van der Waals surface area contributed by atoms with E-state index in [4.69, 9.17) is 4.42 Å². The molecule has 1 N–H and O–H groups in total. The van der Waals surface area contributed by atoms with E-state index >= 15 is 0 Å². The quantitative estimate of drug-likeness (QED) is 0.425. The Bertz CT molecular complexity index is 1110. The molecule has 170 valence electrons. The third-order valence-corrected chi connectivity index (χ3v) is 7.64. The second kappa shape index (κ2) is 11.3. The second-order valence-corrected chi connectivity index (χ2v) is 9.73. The van der Waals surface area contributed by atoms with Gasteiger partial charge in [-0.25, -0.2) is 8.42 Å². The van der Waals surface area contributed by atoms with Crippen LogP contribution in [0.1, 0.15) is 19.4 Å². The standard InChI is InChI=1S/C22H26N4O4S2/c1-3-26(4-2)32(28,29)19-12-10-18(11-13-19)21-24-25-22(30-21)31-16-20(27)23-15-14-17-8-6-5-7-9-17/h5-13H,3-4,14-16H2,1-2H3,(H,23,27). The lowest BCUT2D eigenvalue weighted by molar-refractivity contribution is -0.118. The van der Waals surface area contributed by atoms with Crippen molar-refractivity contribution in [2.24, 2.45) is 0 Å². The van der Waals surface area contributed by atoms with Gasteiger partial charge < -0.3 is 9.73 Å². The van der Waals surface area contributed by atoms with Crippen molar-refractivity contribution in [2.75, 3.05) is 25.4 Å². The lowest BCUT2D eigenvalue weighted by Gasteiger charge is -2.18. The number of nitrogens with zero attached hydrogens (tertiary/aromatic N) is 3. The highest BCUT2D eigenvalue weighted by atomic mass is 32.2. The Balaban J connectivity index is 1.52. The number of aromatic nitrogens is 2. The maximum Gasteiger partial charge on any atom is 0.277 e. The fourth-order valence-electron chi connectivity index (χ4n) is 3.04. The molecule has 0 bridgehead atoms. The summed E-state index contributed by atoms with van der Waals surface area (Å²) in [5, 5.41) is 11.1. The van der Waals surface area contributed by atoms with Crippen LogP contribution in [-0.2, 0) is 21.2 Å². The number of benzene rings is 2. The molecule has 8 nitrogen and oxygen atoms in total. The van der Waals surface area contributed by atoms with Crippen LogP contribution >= 0.6 is 11.8 Å². The molecule has 0 atom stereocenters. The van der Waals surface area contributed by atoms with E-state index in [1.807, 2.05) is 30.3 Å². The van der Waals surface area contributed by atoms with Crippen LogP contribution in [0.4, 0.5) is 0 Å². The van der Waals surface area contributed by atoms with Gasteiger partial charge in [-0.2, -0.15) is 4.31 Å². The van der Waals surface area contributed by atoms with Gasteiger partial charge in [0.2, 0.25) is 21.8 Å². The van der Waals surface area contributed by atoms with Crippen LogP contribution < -0.4 is 5.32 Å². The first-order valence-corrected chi connectivity index (χ1v) is 12.7. The van der Waals surface area contributed by atoms with Crippen molar-refractivity contribution in [3.63, 3.8) is 0 Å². The number of carbonyl (C=O) groups excluding carboxylic acids is 1. The summed E-state index contributed by atoms with van der Waals surface area (Å²) in [7, 11) is -3.52. The molecule has 1 heterocycles. The zero-order valence-electron chi connectivity index (χ0n) is 18.0. The summed E-state index contributed by atoms with van der Waals surface area (Å²) in [6.45, 7) is 4.98. The van der Waals surface area contributed by atoms with Crippen molar-refractivity contribution in [3.8, 4) is 11.5 Å². The SMILES string of the molecule is CCN(CC)S(=O)(=O)c1ccc(-c2nnc(SCC(=O)NCCc3ccccc3)o2)cc1. The molecule has 0 saturated carbocycles. The summed E-state index contributed by atoms with van der Waals surface area (Å²) in [5.41, 5.74) is 1.77. The third kappa shape index (κ3) is 6.18. The highest BCUT2D eigenvalue weighted by molar-refractivity contribution is 7.99. The van der Waals surface area contributed by atoms with E-state index in [1.165, 1.54) is 16.4 Å². The van der Waals surface area contributed by atoms with Crippen molar-refractivity contribution >= 4 is 27.7 Å². The molecule has 0 fully saturated rings. The van der Waals surface area contributed by atoms with E-state index in [1.54, 1.807) is 26.0 Å². The van der Waals surface area contributed by atoms with Gasteiger partial charge in [0, 0.05) is 25.2 Å². The minimum absolute atomic E-state index is 0.114. The van der Waals surface area contributed by atoms with Gasteiger partial charge in [-0.3, -0.25) is 4.79 Å². The maximum atomic E-state index is 12.6. The Morgan fingerprint density at radius 3 is 2.38 bits per heavy atom. The Morgan fingerprint density at radius 1 is 1.03 bits per heavy atom. The number of thioether (sulfide) groups is 1. The smallest absolute Gasteiger partial charge is 0.277 e. The lowest BCUT2D eigenvalue weighted by atomic mass is 10.1. The fraction of sp³-hybridized carbons (Fsp3) is 0.318. The van der Waals surface area contributed by atoms with E-state index in [-0.39, 0.29) is 27.7 Å². The zero-order chi connectivity index (χ0) is 23.0. The number of carbonyl (C=O) groups is 1. The number of amides is 1. The third-order valence-electron chi connectivity index (χ3n) is 4.76. The summed E-state index contributed by atoms with van der Waals surface area (Å²) < 4.78 is 32.2. The average molecular weight is 475 g/mol. The van der Waals surface area contributed by atoms with Gasteiger partial charge in [0.1, 0.15) is 0 Å². The number of hydrogen-bond acceptors (Lipinski definition) is 7. The van der Waals surface area contributed by atoms with Crippen LogP contribution in [0.3, 0.4) is 0 Å². The number of rotatable bonds is 11. The van der Waals surface area contributed by atoms with Gasteiger partial charge in [0.15, 0.2) is 0 Å². The fourth-order valence-corrected chi connectivity index (χ4v) is 5.09. The topological polar surface area (TPSA) is 105 Å². The molecule has 3 aromatic rings. The average Bonchev–Trinajstić information content (AvgIpc) is 3.28. The number of hydrogen-bond donors (Lipinski definition) is 1. The van der Waals surface area contributed by atoms with Crippen LogP contribution in [0.2, 0.25) is 0 Å². The molecule has 0 spiro atoms. The van der Waals surface area contributed by atoms with Crippen molar-refractivity contribution in [1.82, 2.24) is 19.8 Å². The summed E-state index contributed by atoms with van der Waals surface area (Å²) in [5.74, 6) is 0.317. The Kier molecular flexibility index (Phi) is 8.43. The van der Waals surface area contributed by atoms with E-state index < -0.39 is 10.0 Å². The molecule has 1 amide bonds. The first kappa shape index (κ1) is 24.0. The van der Waals surface area contributed by atoms with Crippen LogP contribution in [0.25, 0.3) is 11.5 Å². The van der Waals surface area contributed by atoms with Gasteiger partial charge in [0.05, 0.1) is 10.6 Å². The summed E-state index contributed by atoms with van der Waals surface area (Å²) >= 11 is 1.15. The molecule has 0 unspecified atom stereocenters. The van der Waals surface area contributed by atoms with E-state index in [0.29, 0.717) is 25.2 Å². The maximum absolute atomic E-state index is 12.6. The first-order chi connectivity index (χ1) is 15.4. The highest BCUT2D eigenvalue weighted by Gasteiger charge is 2.21. The molecule has 0 saturated heterocycles. The predicted octanol–water partition coefficient (Wildman–Crippen LogP) is 3.22. The molecule has 3 rings (SSSR count). The molecule has 0 aliphatic carbocycles. The zero-order valence-corrected chi connectivity index (χ0v) is 19.7. The predicted molar refractivity (Wildman–Crippen MR) is 124 cm³/mol. The molecular formula is C22H26N4O4S2. The van der Waals surface area contributed by atoms with Gasteiger partial charge in [-0.05, 0) is 36.2 Å². The minimum Gasteiger partial charge on any atom is -0.411 e.